The second-order valence-corrected chi connectivity index (χ2v) is 6.67. The van der Waals surface area contributed by atoms with Crippen LogP contribution in [0.3, 0.4) is 0 Å². The van der Waals surface area contributed by atoms with Crippen molar-refractivity contribution in [2.75, 3.05) is 19.5 Å². The van der Waals surface area contributed by atoms with Crippen molar-refractivity contribution in [2.24, 2.45) is 0 Å². The highest BCUT2D eigenvalue weighted by Gasteiger charge is 2.12. The number of nitriles is 1. The van der Waals surface area contributed by atoms with Gasteiger partial charge in [-0.25, -0.2) is 9.97 Å². The summed E-state index contributed by atoms with van der Waals surface area (Å²) in [6.07, 6.45) is 1.47. The predicted octanol–water partition coefficient (Wildman–Crippen LogP) is 4.84. The molecule has 4 rings (SSSR count). The normalized spacial score (nSPS) is 10.4. The second kappa shape index (κ2) is 9.01. The fraction of sp³-hybridized carbons (Fsp3) is 0.125. The third-order valence-electron chi connectivity index (χ3n) is 4.74. The molecule has 0 aliphatic rings. The van der Waals surface area contributed by atoms with Crippen LogP contribution in [-0.2, 0) is 6.61 Å². The van der Waals surface area contributed by atoms with Crippen LogP contribution in [0.15, 0.2) is 67.0 Å². The van der Waals surface area contributed by atoms with Crippen LogP contribution in [0.2, 0.25) is 0 Å². The van der Waals surface area contributed by atoms with Crippen molar-refractivity contribution >= 4 is 22.4 Å². The first-order chi connectivity index (χ1) is 15.2. The van der Waals surface area contributed by atoms with E-state index in [0.29, 0.717) is 46.4 Å². The molecule has 4 aromatic rings. The molecule has 1 N–H and O–H groups in total. The lowest BCUT2D eigenvalue weighted by atomic mass is 10.1. The maximum Gasteiger partial charge on any atom is 0.162 e. The average Bonchev–Trinajstić information content (AvgIpc) is 2.83. The maximum atomic E-state index is 9.59. The van der Waals surface area contributed by atoms with Crippen LogP contribution in [0.1, 0.15) is 11.1 Å². The molecule has 0 aliphatic heterocycles. The number of fused-ring (bicyclic) bond motifs is 1. The van der Waals surface area contributed by atoms with E-state index in [2.05, 4.69) is 21.4 Å². The summed E-state index contributed by atoms with van der Waals surface area (Å²) in [6.45, 7) is 0.389. The zero-order valence-corrected chi connectivity index (χ0v) is 17.1. The molecule has 7 heteroatoms. The molecule has 154 valence electrons. The second-order valence-electron chi connectivity index (χ2n) is 6.67. The van der Waals surface area contributed by atoms with Gasteiger partial charge < -0.3 is 19.5 Å². The van der Waals surface area contributed by atoms with Gasteiger partial charge in [-0.1, -0.05) is 30.3 Å². The summed E-state index contributed by atoms with van der Waals surface area (Å²) in [6, 6.07) is 21.0. The van der Waals surface area contributed by atoms with Gasteiger partial charge >= 0.3 is 0 Å². The monoisotopic (exact) mass is 412 g/mol. The van der Waals surface area contributed by atoms with Gasteiger partial charge in [-0.3, -0.25) is 0 Å². The molecular weight excluding hydrogens is 392 g/mol. The Morgan fingerprint density at radius 1 is 0.903 bits per heavy atom. The smallest absolute Gasteiger partial charge is 0.162 e. The average molecular weight is 412 g/mol. The molecule has 1 aromatic heterocycles. The number of rotatable bonds is 7. The van der Waals surface area contributed by atoms with E-state index in [4.69, 9.17) is 14.2 Å². The number of anilines is 2. The number of ether oxygens (including phenoxy) is 3. The number of benzene rings is 3. The summed E-state index contributed by atoms with van der Waals surface area (Å²) in [7, 11) is 3.16. The Morgan fingerprint density at radius 2 is 1.68 bits per heavy atom. The number of aromatic nitrogens is 2. The Hall–Kier alpha value is -4.31. The number of nitrogens with one attached hydrogen (secondary N) is 1. The predicted molar refractivity (Wildman–Crippen MR) is 118 cm³/mol. The van der Waals surface area contributed by atoms with Crippen molar-refractivity contribution in [1.29, 1.82) is 5.26 Å². The molecule has 0 radical (unpaired) electrons. The molecule has 0 fully saturated rings. The van der Waals surface area contributed by atoms with Crippen molar-refractivity contribution in [2.45, 2.75) is 6.61 Å². The molecule has 1 heterocycles. The Morgan fingerprint density at radius 3 is 2.42 bits per heavy atom. The van der Waals surface area contributed by atoms with Gasteiger partial charge in [0.1, 0.15) is 30.6 Å². The molecule has 0 aliphatic carbocycles. The van der Waals surface area contributed by atoms with E-state index in [1.165, 1.54) is 6.33 Å². The Balaban J connectivity index is 1.61. The Kier molecular flexibility index (Phi) is 5.81. The van der Waals surface area contributed by atoms with Crippen molar-refractivity contribution in [1.82, 2.24) is 9.97 Å². The summed E-state index contributed by atoms with van der Waals surface area (Å²) in [4.78, 5) is 8.66. The number of hydrogen-bond donors (Lipinski definition) is 1. The van der Waals surface area contributed by atoms with Gasteiger partial charge in [0.25, 0.3) is 0 Å². The largest absolute Gasteiger partial charge is 0.493 e. The summed E-state index contributed by atoms with van der Waals surface area (Å²) in [5.74, 6) is 2.28. The van der Waals surface area contributed by atoms with E-state index in [1.54, 1.807) is 32.4 Å². The first kappa shape index (κ1) is 20.0. The van der Waals surface area contributed by atoms with Gasteiger partial charge in [0, 0.05) is 17.1 Å². The molecule has 0 spiro atoms. The SMILES string of the molecule is COc1cc2ncnc(Nc3ccc(OCc4ccccc4)c(C#N)c3)c2cc1OC. The van der Waals surface area contributed by atoms with E-state index in [1.807, 2.05) is 42.5 Å². The molecule has 0 atom stereocenters. The van der Waals surface area contributed by atoms with Gasteiger partial charge in [0.05, 0.1) is 25.3 Å². The van der Waals surface area contributed by atoms with Crippen LogP contribution in [-0.4, -0.2) is 24.2 Å². The van der Waals surface area contributed by atoms with E-state index >= 15 is 0 Å². The lowest BCUT2D eigenvalue weighted by molar-refractivity contribution is 0.305. The first-order valence-corrected chi connectivity index (χ1v) is 9.56. The summed E-state index contributed by atoms with van der Waals surface area (Å²) >= 11 is 0. The fourth-order valence-corrected chi connectivity index (χ4v) is 3.18. The summed E-state index contributed by atoms with van der Waals surface area (Å²) in [5.41, 5.74) is 2.88. The van der Waals surface area contributed by atoms with Crippen LogP contribution in [0.25, 0.3) is 10.9 Å². The van der Waals surface area contributed by atoms with Gasteiger partial charge in [0.15, 0.2) is 11.5 Å². The van der Waals surface area contributed by atoms with Gasteiger partial charge in [0.2, 0.25) is 0 Å². The zero-order valence-electron chi connectivity index (χ0n) is 17.1. The van der Waals surface area contributed by atoms with Gasteiger partial charge in [-0.2, -0.15) is 5.26 Å². The van der Waals surface area contributed by atoms with Crippen molar-refractivity contribution in [3.63, 3.8) is 0 Å². The lowest BCUT2D eigenvalue weighted by Gasteiger charge is -2.13. The zero-order chi connectivity index (χ0) is 21.6. The molecule has 0 saturated heterocycles. The fourth-order valence-electron chi connectivity index (χ4n) is 3.18. The molecular formula is C24H20N4O3. The van der Waals surface area contributed by atoms with Crippen molar-refractivity contribution in [3.05, 3.63) is 78.1 Å². The minimum Gasteiger partial charge on any atom is -0.493 e. The molecule has 7 nitrogen and oxygen atoms in total. The highest BCUT2D eigenvalue weighted by molar-refractivity contribution is 5.93. The third-order valence-corrected chi connectivity index (χ3v) is 4.74. The third kappa shape index (κ3) is 4.33. The number of methoxy groups -OCH3 is 2. The van der Waals surface area contributed by atoms with E-state index in [-0.39, 0.29) is 0 Å². The molecule has 3 aromatic carbocycles. The highest BCUT2D eigenvalue weighted by Crippen LogP contribution is 2.34. The summed E-state index contributed by atoms with van der Waals surface area (Å²) < 4.78 is 16.6. The van der Waals surface area contributed by atoms with Crippen LogP contribution < -0.4 is 19.5 Å². The number of nitrogens with zero attached hydrogens (tertiary/aromatic N) is 3. The van der Waals surface area contributed by atoms with Crippen LogP contribution >= 0.6 is 0 Å². The van der Waals surface area contributed by atoms with E-state index in [9.17, 15) is 5.26 Å². The van der Waals surface area contributed by atoms with Crippen LogP contribution in [0, 0.1) is 11.3 Å². The molecule has 0 bridgehead atoms. The number of hydrogen-bond acceptors (Lipinski definition) is 7. The lowest BCUT2D eigenvalue weighted by Crippen LogP contribution is -2.00. The summed E-state index contributed by atoms with van der Waals surface area (Å²) in [5, 5.41) is 13.6. The molecule has 31 heavy (non-hydrogen) atoms. The Bertz CT molecular complexity index is 1250. The molecule has 0 saturated carbocycles. The van der Waals surface area contributed by atoms with Crippen molar-refractivity contribution in [3.8, 4) is 23.3 Å². The van der Waals surface area contributed by atoms with Gasteiger partial charge in [-0.15, -0.1) is 0 Å². The topological polar surface area (TPSA) is 89.3 Å². The van der Waals surface area contributed by atoms with E-state index < -0.39 is 0 Å². The van der Waals surface area contributed by atoms with Crippen LogP contribution in [0.5, 0.6) is 17.2 Å². The first-order valence-electron chi connectivity index (χ1n) is 9.56. The van der Waals surface area contributed by atoms with E-state index in [0.717, 1.165) is 10.9 Å². The minimum atomic E-state index is 0.389. The minimum absolute atomic E-state index is 0.389. The highest BCUT2D eigenvalue weighted by atomic mass is 16.5. The quantitative estimate of drug-likeness (QED) is 0.464. The van der Waals surface area contributed by atoms with Crippen LogP contribution in [0.4, 0.5) is 11.5 Å². The standard InChI is InChI=1S/C24H20N4O3/c1-29-22-11-19-20(12-23(22)30-2)26-15-27-24(19)28-18-8-9-21(17(10-18)13-25)31-14-16-6-4-3-5-7-16/h3-12,15H,14H2,1-2H3,(H,26,27,28). The van der Waals surface area contributed by atoms with Crippen molar-refractivity contribution < 1.29 is 14.2 Å². The maximum absolute atomic E-state index is 9.59. The molecule has 0 amide bonds. The van der Waals surface area contributed by atoms with Gasteiger partial charge in [-0.05, 0) is 29.8 Å². The Labute approximate surface area is 179 Å². The molecule has 0 unspecified atom stereocenters.